The number of nitrogens with zero attached hydrogens (tertiary/aromatic N) is 4. The fourth-order valence-corrected chi connectivity index (χ4v) is 1.44. The fourth-order valence-electron chi connectivity index (χ4n) is 1.44. The molecule has 0 N–H and O–H groups in total. The van der Waals surface area contributed by atoms with E-state index in [1.54, 1.807) is 25.3 Å². The van der Waals surface area contributed by atoms with Gasteiger partial charge in [0.1, 0.15) is 11.3 Å². The molecule has 0 spiro atoms. The molecule has 0 radical (unpaired) electrons. The van der Waals surface area contributed by atoms with Gasteiger partial charge in [0, 0.05) is 6.07 Å². The second-order valence-electron chi connectivity index (χ2n) is 3.16. The second-order valence-corrected chi connectivity index (χ2v) is 3.16. The van der Waals surface area contributed by atoms with E-state index in [1.807, 2.05) is 0 Å². The van der Waals surface area contributed by atoms with Gasteiger partial charge >= 0.3 is 11.3 Å². The third kappa shape index (κ3) is 1.14. The van der Waals surface area contributed by atoms with Gasteiger partial charge in [-0.3, -0.25) is 0 Å². The lowest BCUT2D eigenvalue weighted by molar-refractivity contribution is -0.783. The summed E-state index contributed by atoms with van der Waals surface area (Å²) in [5.41, 5.74) is 1.43. The fraction of sp³-hybridized carbons (Fsp3) is 0.111. The molecule has 0 aliphatic carbocycles. The van der Waals surface area contributed by atoms with E-state index >= 15 is 0 Å². The van der Waals surface area contributed by atoms with Crippen LogP contribution < -0.4 is 9.64 Å². The third-order valence-corrected chi connectivity index (χ3v) is 2.21. The molecule has 2 heterocycles. The SMILES string of the molecule is COc1ccc2nc3c(no[n+]3[O-])nc2c1. The van der Waals surface area contributed by atoms with Crippen LogP contribution in [0.2, 0.25) is 0 Å². The number of fused-ring (bicyclic) bond motifs is 2. The van der Waals surface area contributed by atoms with E-state index in [1.165, 1.54) is 0 Å². The van der Waals surface area contributed by atoms with Crippen LogP contribution in [-0.2, 0) is 0 Å². The molecule has 0 aliphatic heterocycles. The molecule has 16 heavy (non-hydrogen) atoms. The van der Waals surface area contributed by atoms with Crippen molar-refractivity contribution in [1.29, 1.82) is 0 Å². The van der Waals surface area contributed by atoms with E-state index in [0.29, 0.717) is 16.8 Å². The predicted molar refractivity (Wildman–Crippen MR) is 52.6 cm³/mol. The van der Waals surface area contributed by atoms with Gasteiger partial charge in [0.15, 0.2) is 5.52 Å². The van der Waals surface area contributed by atoms with Gasteiger partial charge in [-0.15, -0.1) is 0 Å². The van der Waals surface area contributed by atoms with Crippen molar-refractivity contribution in [2.45, 2.75) is 0 Å². The van der Waals surface area contributed by atoms with Crippen molar-refractivity contribution in [3.05, 3.63) is 23.4 Å². The highest BCUT2D eigenvalue weighted by Gasteiger charge is 2.14. The van der Waals surface area contributed by atoms with E-state index in [4.69, 9.17) is 4.74 Å². The molecule has 1 aromatic carbocycles. The highest BCUT2D eigenvalue weighted by Crippen LogP contribution is 2.18. The smallest absolute Gasteiger partial charge is 0.362 e. The average molecular weight is 218 g/mol. The Kier molecular flexibility index (Phi) is 1.67. The van der Waals surface area contributed by atoms with Gasteiger partial charge < -0.3 is 14.6 Å². The first-order chi connectivity index (χ1) is 7.78. The summed E-state index contributed by atoms with van der Waals surface area (Å²) in [4.78, 5) is 8.46. The van der Waals surface area contributed by atoms with Gasteiger partial charge in [-0.1, -0.05) is 9.89 Å². The van der Waals surface area contributed by atoms with Crippen molar-refractivity contribution in [1.82, 2.24) is 15.1 Å². The number of methoxy groups -OCH3 is 1. The first-order valence-corrected chi connectivity index (χ1v) is 4.49. The molecule has 80 valence electrons. The van der Waals surface area contributed by atoms with E-state index in [2.05, 4.69) is 19.8 Å². The zero-order valence-electron chi connectivity index (χ0n) is 8.25. The maximum atomic E-state index is 11.1. The number of hydrogen-bond donors (Lipinski definition) is 0. The standard InChI is InChI=1S/C9H6N4O3/c1-15-5-2-3-6-7(4-5)10-8-9(11-6)13(14)16-12-8/h2-4H,1H3. The molecule has 2 aromatic heterocycles. The largest absolute Gasteiger partial charge is 0.497 e. The van der Waals surface area contributed by atoms with Crippen LogP contribution in [0, 0.1) is 5.21 Å². The lowest BCUT2D eigenvalue weighted by Crippen LogP contribution is -2.23. The van der Waals surface area contributed by atoms with E-state index in [0.717, 1.165) is 0 Å². The lowest BCUT2D eigenvalue weighted by Gasteiger charge is -1.98. The Morgan fingerprint density at radius 1 is 1.31 bits per heavy atom. The highest BCUT2D eigenvalue weighted by molar-refractivity contribution is 5.82. The zero-order chi connectivity index (χ0) is 11.1. The molecule has 0 saturated heterocycles. The number of aromatic nitrogens is 4. The van der Waals surface area contributed by atoms with Crippen molar-refractivity contribution in [2.75, 3.05) is 7.11 Å². The molecule has 3 aromatic rings. The summed E-state index contributed by atoms with van der Waals surface area (Å²) in [6.07, 6.45) is 0. The number of benzene rings is 1. The van der Waals surface area contributed by atoms with Crippen molar-refractivity contribution in [2.24, 2.45) is 0 Å². The minimum absolute atomic E-state index is 0.0673. The topological polar surface area (TPSA) is 88.0 Å². The minimum atomic E-state index is 0.0673. The van der Waals surface area contributed by atoms with Crippen LogP contribution in [0.25, 0.3) is 22.3 Å². The summed E-state index contributed by atoms with van der Waals surface area (Å²) in [6, 6.07) is 5.17. The molecule has 0 fully saturated rings. The lowest BCUT2D eigenvalue weighted by atomic mass is 10.3. The Morgan fingerprint density at radius 2 is 2.19 bits per heavy atom. The predicted octanol–water partition coefficient (Wildman–Crippen LogP) is 0.413. The van der Waals surface area contributed by atoms with Gasteiger partial charge in [-0.2, -0.15) is 0 Å². The molecule has 0 atom stereocenters. The summed E-state index contributed by atoms with van der Waals surface area (Å²) in [5.74, 6) is 0.666. The minimum Gasteiger partial charge on any atom is -0.497 e. The Morgan fingerprint density at radius 3 is 3.00 bits per heavy atom. The molecule has 0 unspecified atom stereocenters. The van der Waals surface area contributed by atoms with Gasteiger partial charge in [-0.25, -0.2) is 4.98 Å². The van der Waals surface area contributed by atoms with Crippen LogP contribution in [0.15, 0.2) is 22.8 Å². The van der Waals surface area contributed by atoms with Gasteiger partial charge in [0.25, 0.3) is 0 Å². The van der Waals surface area contributed by atoms with Crippen LogP contribution in [-0.4, -0.2) is 22.2 Å². The first kappa shape index (κ1) is 8.84. The maximum Gasteiger partial charge on any atom is 0.362 e. The monoisotopic (exact) mass is 218 g/mol. The first-order valence-electron chi connectivity index (χ1n) is 4.49. The van der Waals surface area contributed by atoms with Crippen molar-refractivity contribution in [3.8, 4) is 5.75 Å². The Bertz CT molecular complexity index is 679. The van der Waals surface area contributed by atoms with Gasteiger partial charge in [0.05, 0.1) is 7.11 Å². The summed E-state index contributed by atoms with van der Waals surface area (Å²) in [7, 11) is 1.56. The Balaban J connectivity index is 2.38. The third-order valence-electron chi connectivity index (χ3n) is 2.21. The quantitative estimate of drug-likeness (QED) is 0.550. The normalized spacial score (nSPS) is 11.1. The molecule has 3 rings (SSSR count). The summed E-state index contributed by atoms with van der Waals surface area (Å²) < 4.78 is 9.46. The zero-order valence-corrected chi connectivity index (χ0v) is 8.25. The summed E-state index contributed by atoms with van der Waals surface area (Å²) in [6.45, 7) is 0. The van der Waals surface area contributed by atoms with Crippen LogP contribution in [0.3, 0.4) is 0 Å². The van der Waals surface area contributed by atoms with Crippen LogP contribution in [0.4, 0.5) is 0 Å². The molecule has 0 amide bonds. The summed E-state index contributed by atoms with van der Waals surface area (Å²) in [5, 5.41) is 14.6. The molecule has 0 bridgehead atoms. The van der Waals surface area contributed by atoms with Crippen LogP contribution in [0.5, 0.6) is 5.75 Å². The number of hydrogen-bond acceptors (Lipinski definition) is 6. The van der Waals surface area contributed by atoms with Crippen molar-refractivity contribution in [3.63, 3.8) is 0 Å². The van der Waals surface area contributed by atoms with Crippen LogP contribution >= 0.6 is 0 Å². The van der Waals surface area contributed by atoms with Gasteiger partial charge in [0.2, 0.25) is 0 Å². The second kappa shape index (κ2) is 3.02. The highest BCUT2D eigenvalue weighted by atomic mass is 16.8. The van der Waals surface area contributed by atoms with E-state index in [9.17, 15) is 5.21 Å². The van der Waals surface area contributed by atoms with Crippen molar-refractivity contribution >= 4 is 22.3 Å². The summed E-state index contributed by atoms with van der Waals surface area (Å²) >= 11 is 0. The molecule has 7 heteroatoms. The number of rotatable bonds is 1. The van der Waals surface area contributed by atoms with E-state index < -0.39 is 0 Å². The molecular weight excluding hydrogens is 212 g/mol. The Labute approximate surface area is 88.8 Å². The number of ether oxygens (including phenoxy) is 1. The van der Waals surface area contributed by atoms with E-state index in [-0.39, 0.29) is 16.2 Å². The van der Waals surface area contributed by atoms with Gasteiger partial charge in [-0.05, 0) is 17.3 Å². The Hall–Kier alpha value is -2.44. The molecule has 0 saturated carbocycles. The van der Waals surface area contributed by atoms with Crippen LogP contribution in [0.1, 0.15) is 0 Å². The molecular formula is C9H6N4O3. The van der Waals surface area contributed by atoms with Crippen molar-refractivity contribution < 1.29 is 14.3 Å². The molecule has 7 nitrogen and oxygen atoms in total. The maximum absolute atomic E-state index is 11.1. The molecule has 0 aliphatic rings. The average Bonchev–Trinajstić information content (AvgIpc) is 2.67.